The maximum absolute atomic E-state index is 13.7. The van der Waals surface area contributed by atoms with E-state index in [1.165, 1.54) is 18.2 Å². The molecule has 0 radical (unpaired) electrons. The summed E-state index contributed by atoms with van der Waals surface area (Å²) in [7, 11) is 0. The van der Waals surface area contributed by atoms with Crippen molar-refractivity contribution < 1.29 is 14.0 Å². The second kappa shape index (κ2) is 10.1. The average Bonchev–Trinajstić information content (AvgIpc) is 3.30. The number of nitriles is 1. The normalized spacial score (nSPS) is 15.2. The Hall–Kier alpha value is -4.14. The first kappa shape index (κ1) is 24.5. The molecule has 2 aliphatic rings. The molecule has 0 atom stereocenters. The SMILES string of the molecule is N#Cc1ccc(NC(=O)N2CCn3nc(-c4ccc(F)c(Cl)c4)c(C(N)=O)c3C2)cc1N1CCNCC1. The lowest BCUT2D eigenvalue weighted by molar-refractivity contribution is 0.0997. The van der Waals surface area contributed by atoms with Crippen molar-refractivity contribution in [1.82, 2.24) is 20.0 Å². The molecule has 0 spiro atoms. The molecule has 1 fully saturated rings. The second-order valence-electron chi connectivity index (χ2n) is 8.82. The van der Waals surface area contributed by atoms with Crippen LogP contribution in [0.2, 0.25) is 5.02 Å². The van der Waals surface area contributed by atoms with Gasteiger partial charge in [-0.3, -0.25) is 9.48 Å². The Morgan fingerprint density at radius 2 is 1.92 bits per heavy atom. The zero-order valence-corrected chi connectivity index (χ0v) is 20.6. The third-order valence-corrected chi connectivity index (χ3v) is 6.82. The lowest BCUT2D eigenvalue weighted by atomic mass is 10.0. The lowest BCUT2D eigenvalue weighted by Gasteiger charge is -2.31. The number of amides is 3. The highest BCUT2D eigenvalue weighted by Crippen LogP contribution is 2.31. The van der Waals surface area contributed by atoms with E-state index < -0.39 is 11.7 Å². The molecule has 1 saturated heterocycles. The Bertz CT molecular complexity index is 1430. The van der Waals surface area contributed by atoms with Crippen molar-refractivity contribution in [2.24, 2.45) is 5.73 Å². The van der Waals surface area contributed by atoms with Gasteiger partial charge in [0.2, 0.25) is 0 Å². The average molecular weight is 523 g/mol. The number of hydrogen-bond donors (Lipinski definition) is 3. The van der Waals surface area contributed by atoms with Crippen molar-refractivity contribution in [3.63, 3.8) is 0 Å². The molecule has 3 amide bonds. The van der Waals surface area contributed by atoms with Gasteiger partial charge in [-0.2, -0.15) is 10.4 Å². The van der Waals surface area contributed by atoms with Gasteiger partial charge in [0.1, 0.15) is 17.6 Å². The number of anilines is 2. The highest BCUT2D eigenvalue weighted by molar-refractivity contribution is 6.31. The van der Waals surface area contributed by atoms with Crippen LogP contribution in [0.4, 0.5) is 20.6 Å². The number of carbonyl (C=O) groups is 2. The number of carbonyl (C=O) groups excluding carboxylic acids is 2. The van der Waals surface area contributed by atoms with Crippen LogP contribution >= 0.6 is 11.6 Å². The van der Waals surface area contributed by atoms with Crippen LogP contribution in [0.15, 0.2) is 36.4 Å². The van der Waals surface area contributed by atoms with Crippen LogP contribution in [-0.2, 0) is 13.1 Å². The van der Waals surface area contributed by atoms with E-state index in [9.17, 15) is 19.2 Å². The molecular formula is C25H24ClFN8O2. The molecule has 190 valence electrons. The summed E-state index contributed by atoms with van der Waals surface area (Å²) in [5, 5.41) is 20.1. The van der Waals surface area contributed by atoms with E-state index in [2.05, 4.69) is 26.7 Å². The summed E-state index contributed by atoms with van der Waals surface area (Å²) >= 11 is 5.93. The summed E-state index contributed by atoms with van der Waals surface area (Å²) in [6.45, 7) is 3.96. The number of benzene rings is 2. The highest BCUT2D eigenvalue weighted by Gasteiger charge is 2.30. The summed E-state index contributed by atoms with van der Waals surface area (Å²) < 4.78 is 15.3. The Morgan fingerprint density at radius 1 is 1.14 bits per heavy atom. The Morgan fingerprint density at radius 3 is 2.62 bits per heavy atom. The molecule has 12 heteroatoms. The zero-order valence-electron chi connectivity index (χ0n) is 19.8. The highest BCUT2D eigenvalue weighted by atomic mass is 35.5. The van der Waals surface area contributed by atoms with Gasteiger partial charge in [0.05, 0.1) is 40.6 Å². The number of hydrogen-bond acceptors (Lipinski definition) is 6. The van der Waals surface area contributed by atoms with Crippen molar-refractivity contribution >= 4 is 34.9 Å². The molecule has 0 unspecified atom stereocenters. The monoisotopic (exact) mass is 522 g/mol. The molecule has 10 nitrogen and oxygen atoms in total. The van der Waals surface area contributed by atoms with E-state index in [1.54, 1.807) is 27.8 Å². The first-order chi connectivity index (χ1) is 17.9. The fourth-order valence-electron chi connectivity index (χ4n) is 4.67. The van der Waals surface area contributed by atoms with E-state index in [0.717, 1.165) is 31.9 Å². The van der Waals surface area contributed by atoms with Crippen molar-refractivity contribution in [3.05, 3.63) is 64.1 Å². The van der Waals surface area contributed by atoms with E-state index >= 15 is 0 Å². The molecule has 3 aromatic rings. The minimum absolute atomic E-state index is 0.0949. The molecule has 2 aromatic carbocycles. The maximum Gasteiger partial charge on any atom is 0.322 e. The van der Waals surface area contributed by atoms with Gasteiger partial charge in [0.25, 0.3) is 5.91 Å². The number of urea groups is 1. The van der Waals surface area contributed by atoms with Crippen molar-refractivity contribution in [2.45, 2.75) is 13.1 Å². The number of piperazine rings is 1. The molecule has 0 saturated carbocycles. The van der Waals surface area contributed by atoms with Gasteiger partial charge in [0, 0.05) is 44.0 Å². The lowest BCUT2D eigenvalue weighted by Crippen LogP contribution is -2.44. The fourth-order valence-corrected chi connectivity index (χ4v) is 4.85. The number of rotatable bonds is 4. The quantitative estimate of drug-likeness (QED) is 0.482. The number of halogens is 2. The summed E-state index contributed by atoms with van der Waals surface area (Å²) in [5.74, 6) is -1.28. The van der Waals surface area contributed by atoms with E-state index in [4.69, 9.17) is 17.3 Å². The van der Waals surface area contributed by atoms with Gasteiger partial charge in [-0.15, -0.1) is 0 Å². The summed E-state index contributed by atoms with van der Waals surface area (Å²) in [5.41, 5.74) is 8.98. The molecular weight excluding hydrogens is 499 g/mol. The smallest absolute Gasteiger partial charge is 0.322 e. The van der Waals surface area contributed by atoms with Crippen LogP contribution in [-0.4, -0.2) is 59.3 Å². The van der Waals surface area contributed by atoms with Crippen LogP contribution in [0.3, 0.4) is 0 Å². The summed E-state index contributed by atoms with van der Waals surface area (Å²) in [6.07, 6.45) is 0. The minimum atomic E-state index is -0.702. The van der Waals surface area contributed by atoms with E-state index in [0.29, 0.717) is 41.3 Å². The van der Waals surface area contributed by atoms with Crippen LogP contribution in [0.25, 0.3) is 11.3 Å². The molecule has 3 heterocycles. The molecule has 0 bridgehead atoms. The largest absolute Gasteiger partial charge is 0.368 e. The van der Waals surface area contributed by atoms with Gasteiger partial charge in [-0.05, 0) is 36.4 Å². The molecule has 5 rings (SSSR count). The molecule has 1 aromatic heterocycles. The standard InChI is InChI=1S/C25H24ClFN8O2/c26-18-11-15(2-4-19(18)27)23-22(24(29)36)21-14-34(9-10-35(21)32-23)25(37)31-17-3-1-16(13-28)20(12-17)33-7-5-30-6-8-33/h1-4,11-12,30H,5-10,14H2,(H2,29,36)(H,31,37). The number of primary amides is 1. The predicted octanol–water partition coefficient (Wildman–Crippen LogP) is 2.77. The number of nitrogens with zero attached hydrogens (tertiary/aromatic N) is 5. The first-order valence-corrected chi connectivity index (χ1v) is 12.1. The number of aromatic nitrogens is 2. The predicted molar refractivity (Wildman–Crippen MR) is 137 cm³/mol. The van der Waals surface area contributed by atoms with Crippen LogP contribution in [0.5, 0.6) is 0 Å². The molecule has 0 aliphatic carbocycles. The van der Waals surface area contributed by atoms with Crippen molar-refractivity contribution in [3.8, 4) is 17.3 Å². The minimum Gasteiger partial charge on any atom is -0.368 e. The number of nitrogens with two attached hydrogens (primary N) is 1. The summed E-state index contributed by atoms with van der Waals surface area (Å²) in [6, 6.07) is 11.1. The Balaban J connectivity index is 1.38. The zero-order chi connectivity index (χ0) is 26.1. The maximum atomic E-state index is 13.7. The van der Waals surface area contributed by atoms with Gasteiger partial charge >= 0.3 is 6.03 Å². The molecule has 2 aliphatic heterocycles. The van der Waals surface area contributed by atoms with Gasteiger partial charge < -0.3 is 26.2 Å². The van der Waals surface area contributed by atoms with Crippen LogP contribution in [0.1, 0.15) is 21.6 Å². The van der Waals surface area contributed by atoms with E-state index in [1.807, 2.05) is 0 Å². The van der Waals surface area contributed by atoms with Gasteiger partial charge in [-0.1, -0.05) is 11.6 Å². The fraction of sp³-hybridized carbons (Fsp3) is 0.280. The van der Waals surface area contributed by atoms with Crippen LogP contribution in [0, 0.1) is 17.1 Å². The van der Waals surface area contributed by atoms with E-state index in [-0.39, 0.29) is 23.2 Å². The number of fused-ring (bicyclic) bond motifs is 1. The third kappa shape index (κ3) is 4.81. The first-order valence-electron chi connectivity index (χ1n) is 11.8. The van der Waals surface area contributed by atoms with Gasteiger partial charge in [0.15, 0.2) is 0 Å². The topological polar surface area (TPSA) is 132 Å². The third-order valence-electron chi connectivity index (χ3n) is 6.53. The van der Waals surface area contributed by atoms with Crippen molar-refractivity contribution in [2.75, 3.05) is 42.9 Å². The number of nitrogens with one attached hydrogen (secondary N) is 2. The Kier molecular flexibility index (Phi) is 6.69. The van der Waals surface area contributed by atoms with Gasteiger partial charge in [-0.25, -0.2) is 9.18 Å². The molecule has 37 heavy (non-hydrogen) atoms. The summed E-state index contributed by atoms with van der Waals surface area (Å²) in [4.78, 5) is 29.3. The molecule has 4 N–H and O–H groups in total. The van der Waals surface area contributed by atoms with Crippen LogP contribution < -0.4 is 21.3 Å². The Labute approximate surface area is 217 Å². The second-order valence-corrected chi connectivity index (χ2v) is 9.23. The van der Waals surface area contributed by atoms with Crippen molar-refractivity contribution in [1.29, 1.82) is 5.26 Å².